The summed E-state index contributed by atoms with van der Waals surface area (Å²) >= 11 is 0. The first kappa shape index (κ1) is 14.0. The lowest BCUT2D eigenvalue weighted by Gasteiger charge is -1.90. The van der Waals surface area contributed by atoms with Gasteiger partial charge in [0.15, 0.2) is 0 Å². The Labute approximate surface area is 74.7 Å². The maximum atomic E-state index is 8.09. The standard InChI is InChI=1S/C5H10O.C4H10O2/c1-3-5-6-4-2;5-3-1-2-4-6/h4H,2-3,5H2,1H3;5-6H,1-4H2. The Morgan fingerprint density at radius 3 is 1.92 bits per heavy atom. The van der Waals surface area contributed by atoms with Gasteiger partial charge in [-0.05, 0) is 19.3 Å². The highest BCUT2D eigenvalue weighted by Gasteiger charge is 1.77. The molecule has 0 heterocycles. The van der Waals surface area contributed by atoms with Gasteiger partial charge in [0, 0.05) is 13.2 Å². The van der Waals surface area contributed by atoms with Crippen molar-refractivity contribution in [3.63, 3.8) is 0 Å². The van der Waals surface area contributed by atoms with Gasteiger partial charge in [-0.25, -0.2) is 0 Å². The zero-order valence-electron chi connectivity index (χ0n) is 7.83. The van der Waals surface area contributed by atoms with Crippen molar-refractivity contribution in [2.75, 3.05) is 19.8 Å². The molecule has 0 aliphatic rings. The van der Waals surface area contributed by atoms with Crippen molar-refractivity contribution in [1.29, 1.82) is 0 Å². The van der Waals surface area contributed by atoms with Crippen LogP contribution in [0.5, 0.6) is 0 Å². The van der Waals surface area contributed by atoms with E-state index in [-0.39, 0.29) is 13.2 Å². The van der Waals surface area contributed by atoms with Crippen molar-refractivity contribution in [3.05, 3.63) is 12.8 Å². The maximum Gasteiger partial charge on any atom is 0.0870 e. The van der Waals surface area contributed by atoms with E-state index in [1.165, 1.54) is 6.26 Å². The molecule has 0 saturated heterocycles. The van der Waals surface area contributed by atoms with Gasteiger partial charge in [0.2, 0.25) is 0 Å². The largest absolute Gasteiger partial charge is 0.502 e. The van der Waals surface area contributed by atoms with E-state index in [4.69, 9.17) is 14.9 Å². The molecule has 0 unspecified atom stereocenters. The van der Waals surface area contributed by atoms with E-state index in [9.17, 15) is 0 Å². The van der Waals surface area contributed by atoms with E-state index in [0.717, 1.165) is 25.9 Å². The SMILES string of the molecule is C=COCCC.OCCCCO. The van der Waals surface area contributed by atoms with Crippen LogP contribution in [0.25, 0.3) is 0 Å². The number of aliphatic hydroxyl groups is 2. The van der Waals surface area contributed by atoms with Crippen LogP contribution in [0.4, 0.5) is 0 Å². The monoisotopic (exact) mass is 176 g/mol. The molecule has 0 bridgehead atoms. The maximum absolute atomic E-state index is 8.09. The Bertz CT molecular complexity index is 70.2. The van der Waals surface area contributed by atoms with Gasteiger partial charge in [-0.2, -0.15) is 0 Å². The van der Waals surface area contributed by atoms with Gasteiger partial charge in [-0.1, -0.05) is 13.5 Å². The van der Waals surface area contributed by atoms with Gasteiger partial charge in [0.1, 0.15) is 0 Å². The lowest BCUT2D eigenvalue weighted by atomic mass is 10.3. The first-order valence-electron chi connectivity index (χ1n) is 4.27. The number of unbranched alkanes of at least 4 members (excludes halogenated alkanes) is 1. The van der Waals surface area contributed by atoms with E-state index in [2.05, 4.69) is 13.5 Å². The van der Waals surface area contributed by atoms with Crippen LogP contribution in [-0.4, -0.2) is 30.0 Å². The summed E-state index contributed by atoms with van der Waals surface area (Å²) in [6.45, 7) is 6.62. The second-order valence-electron chi connectivity index (χ2n) is 2.19. The average Bonchev–Trinajstić information content (AvgIpc) is 2.12. The van der Waals surface area contributed by atoms with Crippen LogP contribution in [0, 0.1) is 0 Å². The molecule has 0 atom stereocenters. The van der Waals surface area contributed by atoms with Crippen molar-refractivity contribution in [1.82, 2.24) is 0 Å². The van der Waals surface area contributed by atoms with Gasteiger partial charge in [-0.15, -0.1) is 0 Å². The van der Waals surface area contributed by atoms with Crippen molar-refractivity contribution < 1.29 is 14.9 Å². The minimum absolute atomic E-state index is 0.195. The van der Waals surface area contributed by atoms with Crippen molar-refractivity contribution in [2.45, 2.75) is 26.2 Å². The molecule has 74 valence electrons. The van der Waals surface area contributed by atoms with Crippen LogP contribution in [0.1, 0.15) is 26.2 Å². The number of aliphatic hydroxyl groups excluding tert-OH is 2. The predicted octanol–water partition coefficient (Wildman–Crippen LogP) is 1.31. The molecule has 12 heavy (non-hydrogen) atoms. The third-order valence-electron chi connectivity index (χ3n) is 1.01. The van der Waals surface area contributed by atoms with E-state index >= 15 is 0 Å². The Morgan fingerprint density at radius 1 is 1.25 bits per heavy atom. The highest BCUT2D eigenvalue weighted by molar-refractivity contribution is 4.46. The number of rotatable bonds is 6. The summed E-state index contributed by atoms with van der Waals surface area (Å²) in [6, 6.07) is 0. The second-order valence-corrected chi connectivity index (χ2v) is 2.19. The van der Waals surface area contributed by atoms with Crippen LogP contribution in [0.3, 0.4) is 0 Å². The van der Waals surface area contributed by atoms with E-state index in [1.54, 1.807) is 0 Å². The fourth-order valence-electron chi connectivity index (χ4n) is 0.425. The molecule has 0 aromatic rings. The molecule has 0 aliphatic heterocycles. The summed E-state index contributed by atoms with van der Waals surface area (Å²) in [7, 11) is 0. The average molecular weight is 176 g/mol. The number of hydrogen-bond donors (Lipinski definition) is 2. The fourth-order valence-corrected chi connectivity index (χ4v) is 0.425. The first-order valence-corrected chi connectivity index (χ1v) is 4.27. The fraction of sp³-hybridized carbons (Fsp3) is 0.778. The van der Waals surface area contributed by atoms with Crippen LogP contribution < -0.4 is 0 Å². The van der Waals surface area contributed by atoms with Crippen LogP contribution >= 0.6 is 0 Å². The zero-order chi connectivity index (χ0) is 9.66. The molecule has 2 N–H and O–H groups in total. The van der Waals surface area contributed by atoms with Crippen molar-refractivity contribution >= 4 is 0 Å². The quantitative estimate of drug-likeness (QED) is 0.474. The normalized spacial score (nSPS) is 8.25. The lowest BCUT2D eigenvalue weighted by molar-refractivity contribution is 0.242. The van der Waals surface area contributed by atoms with Gasteiger partial charge in [0.05, 0.1) is 12.9 Å². The third kappa shape index (κ3) is 22.7. The van der Waals surface area contributed by atoms with Gasteiger partial charge in [0.25, 0.3) is 0 Å². The summed E-state index contributed by atoms with van der Waals surface area (Å²) < 4.78 is 4.75. The summed E-state index contributed by atoms with van der Waals surface area (Å²) in [5, 5.41) is 16.2. The Kier molecular flexibility index (Phi) is 19.6. The summed E-state index contributed by atoms with van der Waals surface area (Å²) in [5.41, 5.74) is 0. The van der Waals surface area contributed by atoms with Gasteiger partial charge >= 0.3 is 0 Å². The molecule has 0 aromatic heterocycles. The Hall–Kier alpha value is -0.540. The molecule has 0 fully saturated rings. The molecule has 0 saturated carbocycles. The summed E-state index contributed by atoms with van der Waals surface area (Å²) in [4.78, 5) is 0. The minimum atomic E-state index is 0.195. The summed E-state index contributed by atoms with van der Waals surface area (Å²) in [5.74, 6) is 0. The van der Waals surface area contributed by atoms with Crippen LogP contribution in [-0.2, 0) is 4.74 Å². The molecular formula is C9H20O3. The molecule has 0 aliphatic carbocycles. The molecule has 3 nitrogen and oxygen atoms in total. The topological polar surface area (TPSA) is 49.7 Å². The number of ether oxygens (including phenoxy) is 1. The van der Waals surface area contributed by atoms with Crippen molar-refractivity contribution in [2.24, 2.45) is 0 Å². The Balaban J connectivity index is 0. The van der Waals surface area contributed by atoms with E-state index in [0.29, 0.717) is 0 Å². The summed E-state index contributed by atoms with van der Waals surface area (Å²) in [6.07, 6.45) is 3.96. The number of hydrogen-bond acceptors (Lipinski definition) is 3. The smallest absolute Gasteiger partial charge is 0.0870 e. The molecule has 0 amide bonds. The highest BCUT2D eigenvalue weighted by Crippen LogP contribution is 1.80. The van der Waals surface area contributed by atoms with E-state index < -0.39 is 0 Å². The first-order chi connectivity index (χ1) is 5.83. The molecule has 0 radical (unpaired) electrons. The molecule has 0 aromatic carbocycles. The third-order valence-corrected chi connectivity index (χ3v) is 1.01. The van der Waals surface area contributed by atoms with Crippen LogP contribution in [0.2, 0.25) is 0 Å². The molecular weight excluding hydrogens is 156 g/mol. The second kappa shape index (κ2) is 16.8. The minimum Gasteiger partial charge on any atom is -0.502 e. The van der Waals surface area contributed by atoms with E-state index in [1.807, 2.05) is 0 Å². The Morgan fingerprint density at radius 2 is 1.75 bits per heavy atom. The van der Waals surface area contributed by atoms with Crippen LogP contribution in [0.15, 0.2) is 12.8 Å². The molecule has 3 heteroatoms. The van der Waals surface area contributed by atoms with Gasteiger partial charge < -0.3 is 14.9 Å². The van der Waals surface area contributed by atoms with Crippen molar-refractivity contribution in [3.8, 4) is 0 Å². The highest BCUT2D eigenvalue weighted by atomic mass is 16.5. The molecule has 0 spiro atoms. The molecule has 0 rings (SSSR count). The lowest BCUT2D eigenvalue weighted by Crippen LogP contribution is -1.85. The van der Waals surface area contributed by atoms with Gasteiger partial charge in [-0.3, -0.25) is 0 Å². The predicted molar refractivity (Wildman–Crippen MR) is 49.8 cm³/mol. The zero-order valence-corrected chi connectivity index (χ0v) is 7.83.